The largest absolute Gasteiger partial charge is 0.375 e. The third-order valence-electron chi connectivity index (χ3n) is 4.43. The Morgan fingerprint density at radius 1 is 1.11 bits per heavy atom. The van der Waals surface area contributed by atoms with Crippen molar-refractivity contribution < 1.29 is 4.74 Å². The summed E-state index contributed by atoms with van der Waals surface area (Å²) in [5.41, 5.74) is 2.80. The van der Waals surface area contributed by atoms with Crippen molar-refractivity contribution >= 4 is 0 Å². The normalized spacial score (nSPS) is 31.9. The number of rotatable bonds is 2. The molecule has 0 bridgehead atoms. The first kappa shape index (κ1) is 12.2. The molecule has 1 aromatic carbocycles. The molecule has 1 N–H and O–H groups in total. The van der Waals surface area contributed by atoms with E-state index in [4.69, 9.17) is 4.74 Å². The molecule has 2 nitrogen and oxygen atoms in total. The van der Waals surface area contributed by atoms with Crippen molar-refractivity contribution in [2.75, 3.05) is 6.61 Å². The van der Waals surface area contributed by atoms with Crippen LogP contribution in [0.5, 0.6) is 0 Å². The fourth-order valence-electron chi connectivity index (χ4n) is 3.23. The lowest BCUT2D eigenvalue weighted by atomic mass is 9.86. The topological polar surface area (TPSA) is 21.3 Å². The Balaban J connectivity index is 1.67. The minimum atomic E-state index is 0.397. The molecule has 18 heavy (non-hydrogen) atoms. The zero-order valence-electron chi connectivity index (χ0n) is 11.2. The van der Waals surface area contributed by atoms with Gasteiger partial charge in [-0.3, -0.25) is 0 Å². The molecule has 2 heteroatoms. The first-order valence-corrected chi connectivity index (χ1v) is 7.24. The molecule has 0 radical (unpaired) electrons. The maximum Gasteiger partial charge on any atom is 0.0721 e. The highest BCUT2D eigenvalue weighted by Crippen LogP contribution is 2.29. The van der Waals surface area contributed by atoms with Gasteiger partial charge in [0.15, 0.2) is 0 Å². The van der Waals surface area contributed by atoms with Crippen molar-refractivity contribution in [3.05, 3.63) is 35.4 Å². The fraction of sp³-hybridized carbons (Fsp3) is 0.625. The number of hydrogen-bond donors (Lipinski definition) is 1. The second-order valence-corrected chi connectivity index (χ2v) is 5.89. The standard InChI is InChI=1S/C16H23NO/c1-12-6-8-14(9-7-12)17-16-11-18-10-13-4-2-3-5-15(13)16/h2-5,12,14,16-17H,6-11H2,1H3. The van der Waals surface area contributed by atoms with Crippen molar-refractivity contribution in [3.63, 3.8) is 0 Å². The molecule has 0 saturated heterocycles. The van der Waals surface area contributed by atoms with Gasteiger partial charge in [-0.1, -0.05) is 31.2 Å². The number of fused-ring (bicyclic) bond motifs is 1. The molecule has 0 spiro atoms. The lowest BCUT2D eigenvalue weighted by Gasteiger charge is -2.33. The first-order chi connectivity index (χ1) is 8.83. The van der Waals surface area contributed by atoms with Crippen LogP contribution in [0.2, 0.25) is 0 Å². The predicted octanol–water partition coefficient (Wildman–Crippen LogP) is 3.43. The second kappa shape index (κ2) is 5.41. The van der Waals surface area contributed by atoms with Gasteiger partial charge >= 0.3 is 0 Å². The Kier molecular flexibility index (Phi) is 3.67. The van der Waals surface area contributed by atoms with Gasteiger partial charge in [-0.15, -0.1) is 0 Å². The SMILES string of the molecule is CC1CCC(NC2COCc3ccccc32)CC1. The monoisotopic (exact) mass is 245 g/mol. The van der Waals surface area contributed by atoms with E-state index in [2.05, 4.69) is 36.5 Å². The van der Waals surface area contributed by atoms with E-state index in [1.165, 1.54) is 36.8 Å². The summed E-state index contributed by atoms with van der Waals surface area (Å²) < 4.78 is 5.71. The van der Waals surface area contributed by atoms with E-state index >= 15 is 0 Å². The average Bonchev–Trinajstić information content (AvgIpc) is 2.42. The van der Waals surface area contributed by atoms with Crippen LogP contribution in [0.3, 0.4) is 0 Å². The van der Waals surface area contributed by atoms with Gasteiger partial charge in [-0.25, -0.2) is 0 Å². The molecular formula is C16H23NO. The van der Waals surface area contributed by atoms with Gasteiger partial charge in [-0.05, 0) is 42.7 Å². The van der Waals surface area contributed by atoms with Crippen molar-refractivity contribution in [3.8, 4) is 0 Å². The highest BCUT2D eigenvalue weighted by molar-refractivity contribution is 5.31. The van der Waals surface area contributed by atoms with Crippen LogP contribution < -0.4 is 5.32 Å². The maximum absolute atomic E-state index is 5.71. The highest BCUT2D eigenvalue weighted by atomic mass is 16.5. The van der Waals surface area contributed by atoms with E-state index in [0.29, 0.717) is 12.1 Å². The average molecular weight is 245 g/mol. The van der Waals surface area contributed by atoms with Gasteiger partial charge in [0.05, 0.1) is 19.3 Å². The minimum absolute atomic E-state index is 0.397. The predicted molar refractivity (Wildman–Crippen MR) is 73.4 cm³/mol. The van der Waals surface area contributed by atoms with Gasteiger partial charge in [0, 0.05) is 6.04 Å². The Morgan fingerprint density at radius 3 is 2.72 bits per heavy atom. The Hall–Kier alpha value is -0.860. The lowest BCUT2D eigenvalue weighted by molar-refractivity contribution is 0.0755. The maximum atomic E-state index is 5.71. The number of benzene rings is 1. The summed E-state index contributed by atoms with van der Waals surface area (Å²) in [6, 6.07) is 9.76. The summed E-state index contributed by atoms with van der Waals surface area (Å²) in [6.45, 7) is 3.97. The molecule has 1 fully saturated rings. The summed E-state index contributed by atoms with van der Waals surface area (Å²) in [5.74, 6) is 0.915. The fourth-order valence-corrected chi connectivity index (χ4v) is 3.23. The Morgan fingerprint density at radius 2 is 1.89 bits per heavy atom. The molecule has 0 aromatic heterocycles. The van der Waals surface area contributed by atoms with Crippen LogP contribution in [0.25, 0.3) is 0 Å². The zero-order valence-corrected chi connectivity index (χ0v) is 11.2. The van der Waals surface area contributed by atoms with Crippen molar-refractivity contribution in [2.45, 2.75) is 51.3 Å². The molecule has 1 aliphatic carbocycles. The molecule has 1 unspecified atom stereocenters. The molecule has 1 heterocycles. The van der Waals surface area contributed by atoms with Crippen LogP contribution in [0, 0.1) is 5.92 Å². The molecular weight excluding hydrogens is 222 g/mol. The smallest absolute Gasteiger partial charge is 0.0721 e. The summed E-state index contributed by atoms with van der Waals surface area (Å²) in [6.07, 6.45) is 5.37. The number of nitrogens with one attached hydrogen (secondary N) is 1. The Labute approximate surface area is 110 Å². The van der Waals surface area contributed by atoms with E-state index in [9.17, 15) is 0 Å². The summed E-state index contributed by atoms with van der Waals surface area (Å²) in [5, 5.41) is 3.81. The summed E-state index contributed by atoms with van der Waals surface area (Å²) >= 11 is 0. The molecule has 0 amide bonds. The van der Waals surface area contributed by atoms with Crippen LogP contribution in [-0.2, 0) is 11.3 Å². The molecule has 2 aliphatic rings. The number of hydrogen-bond acceptors (Lipinski definition) is 2. The van der Waals surface area contributed by atoms with Crippen LogP contribution >= 0.6 is 0 Å². The van der Waals surface area contributed by atoms with Crippen LogP contribution in [0.1, 0.15) is 49.8 Å². The van der Waals surface area contributed by atoms with Crippen molar-refractivity contribution in [1.29, 1.82) is 0 Å². The van der Waals surface area contributed by atoms with Gasteiger partial charge < -0.3 is 10.1 Å². The molecule has 1 aliphatic heterocycles. The minimum Gasteiger partial charge on any atom is -0.375 e. The highest BCUT2D eigenvalue weighted by Gasteiger charge is 2.25. The van der Waals surface area contributed by atoms with Gasteiger partial charge in [0.25, 0.3) is 0 Å². The molecule has 1 aromatic rings. The first-order valence-electron chi connectivity index (χ1n) is 7.24. The van der Waals surface area contributed by atoms with Crippen LogP contribution in [0.4, 0.5) is 0 Å². The van der Waals surface area contributed by atoms with E-state index in [1.807, 2.05) is 0 Å². The summed E-state index contributed by atoms with van der Waals surface area (Å²) in [7, 11) is 0. The zero-order chi connectivity index (χ0) is 12.4. The van der Waals surface area contributed by atoms with E-state index in [-0.39, 0.29) is 0 Å². The van der Waals surface area contributed by atoms with Gasteiger partial charge in [-0.2, -0.15) is 0 Å². The van der Waals surface area contributed by atoms with E-state index < -0.39 is 0 Å². The van der Waals surface area contributed by atoms with Crippen LogP contribution in [0.15, 0.2) is 24.3 Å². The summed E-state index contributed by atoms with van der Waals surface area (Å²) in [4.78, 5) is 0. The molecule has 1 saturated carbocycles. The molecule has 1 atom stereocenters. The van der Waals surface area contributed by atoms with Crippen molar-refractivity contribution in [2.24, 2.45) is 5.92 Å². The number of ether oxygens (including phenoxy) is 1. The van der Waals surface area contributed by atoms with Crippen molar-refractivity contribution in [1.82, 2.24) is 5.32 Å². The lowest BCUT2D eigenvalue weighted by Crippen LogP contribution is -2.39. The third kappa shape index (κ3) is 2.60. The van der Waals surface area contributed by atoms with Gasteiger partial charge in [0.2, 0.25) is 0 Å². The molecule has 3 rings (SSSR count). The second-order valence-electron chi connectivity index (χ2n) is 5.89. The molecule has 98 valence electrons. The van der Waals surface area contributed by atoms with E-state index in [1.54, 1.807) is 0 Å². The van der Waals surface area contributed by atoms with Crippen LogP contribution in [-0.4, -0.2) is 12.6 Å². The Bertz CT molecular complexity index is 396. The quantitative estimate of drug-likeness (QED) is 0.862. The third-order valence-corrected chi connectivity index (χ3v) is 4.43. The van der Waals surface area contributed by atoms with Gasteiger partial charge in [0.1, 0.15) is 0 Å². The van der Waals surface area contributed by atoms with E-state index in [0.717, 1.165) is 19.1 Å².